The molecular formula is C16H15F2NO2. The van der Waals surface area contributed by atoms with E-state index >= 15 is 0 Å². The Hall–Kier alpha value is -2.27. The van der Waals surface area contributed by atoms with Gasteiger partial charge in [0, 0.05) is 12.6 Å². The highest BCUT2D eigenvalue weighted by Gasteiger charge is 2.13. The first kappa shape index (κ1) is 15.1. The van der Waals surface area contributed by atoms with Gasteiger partial charge in [0.25, 0.3) is 5.91 Å². The molecule has 0 aliphatic rings. The van der Waals surface area contributed by atoms with Crippen LogP contribution in [0.2, 0.25) is 0 Å². The smallest absolute Gasteiger partial charge is 0.254 e. The molecule has 2 N–H and O–H groups in total. The van der Waals surface area contributed by atoms with Crippen LogP contribution in [0.1, 0.15) is 28.4 Å². The van der Waals surface area contributed by atoms with Crippen molar-refractivity contribution in [1.29, 1.82) is 0 Å². The minimum absolute atomic E-state index is 0.186. The number of hydrogen-bond acceptors (Lipinski definition) is 2. The van der Waals surface area contributed by atoms with Crippen LogP contribution in [-0.4, -0.2) is 17.6 Å². The van der Waals surface area contributed by atoms with Crippen LogP contribution in [0.4, 0.5) is 8.78 Å². The molecule has 5 heteroatoms. The lowest BCUT2D eigenvalue weighted by Gasteiger charge is -2.11. The second-order valence-electron chi connectivity index (χ2n) is 4.60. The molecule has 0 aliphatic carbocycles. The van der Waals surface area contributed by atoms with Crippen molar-refractivity contribution >= 4 is 5.91 Å². The summed E-state index contributed by atoms with van der Waals surface area (Å²) < 4.78 is 26.2. The van der Waals surface area contributed by atoms with Crippen LogP contribution in [0.5, 0.6) is 0 Å². The number of aliphatic hydroxyl groups excluding tert-OH is 1. The minimum Gasteiger partial charge on any atom is -0.388 e. The van der Waals surface area contributed by atoms with E-state index in [4.69, 9.17) is 0 Å². The van der Waals surface area contributed by atoms with Crippen LogP contribution in [0, 0.1) is 11.6 Å². The van der Waals surface area contributed by atoms with Crippen molar-refractivity contribution in [2.75, 3.05) is 6.54 Å². The molecule has 110 valence electrons. The quantitative estimate of drug-likeness (QED) is 0.890. The third-order valence-electron chi connectivity index (χ3n) is 3.06. The van der Waals surface area contributed by atoms with Crippen molar-refractivity contribution in [3.05, 3.63) is 71.3 Å². The third kappa shape index (κ3) is 4.10. The van der Waals surface area contributed by atoms with E-state index in [2.05, 4.69) is 5.32 Å². The SMILES string of the molecule is O=C(NCC[C@@H](O)c1ccccc1)c1ccc(F)cc1F. The Kier molecular flexibility index (Phi) is 5.00. The van der Waals surface area contributed by atoms with Gasteiger partial charge in [-0.1, -0.05) is 30.3 Å². The molecule has 0 fully saturated rings. The first-order valence-electron chi connectivity index (χ1n) is 6.54. The van der Waals surface area contributed by atoms with Crippen LogP contribution in [0.3, 0.4) is 0 Å². The zero-order chi connectivity index (χ0) is 15.2. The zero-order valence-electron chi connectivity index (χ0n) is 11.2. The fourth-order valence-electron chi connectivity index (χ4n) is 1.93. The van der Waals surface area contributed by atoms with E-state index in [1.54, 1.807) is 12.1 Å². The maximum absolute atomic E-state index is 13.4. The van der Waals surface area contributed by atoms with Gasteiger partial charge in [-0.15, -0.1) is 0 Å². The van der Waals surface area contributed by atoms with Gasteiger partial charge in [0.15, 0.2) is 0 Å². The second kappa shape index (κ2) is 6.95. The number of carbonyl (C=O) groups is 1. The second-order valence-corrected chi connectivity index (χ2v) is 4.60. The molecule has 2 aromatic carbocycles. The summed E-state index contributed by atoms with van der Waals surface area (Å²) in [5, 5.41) is 12.4. The van der Waals surface area contributed by atoms with Crippen LogP contribution in [0.15, 0.2) is 48.5 Å². The first-order valence-corrected chi connectivity index (χ1v) is 6.54. The van der Waals surface area contributed by atoms with Crippen molar-refractivity contribution in [2.45, 2.75) is 12.5 Å². The number of rotatable bonds is 5. The largest absolute Gasteiger partial charge is 0.388 e. The Labute approximate surface area is 121 Å². The molecule has 0 spiro atoms. The van der Waals surface area contributed by atoms with Crippen molar-refractivity contribution in [3.63, 3.8) is 0 Å². The molecule has 21 heavy (non-hydrogen) atoms. The number of benzene rings is 2. The fourth-order valence-corrected chi connectivity index (χ4v) is 1.93. The molecule has 0 radical (unpaired) electrons. The highest BCUT2D eigenvalue weighted by molar-refractivity contribution is 5.94. The van der Waals surface area contributed by atoms with Crippen molar-refractivity contribution in [1.82, 2.24) is 5.32 Å². The summed E-state index contributed by atoms with van der Waals surface area (Å²) in [5.74, 6) is -2.27. The standard InChI is InChI=1S/C16H15F2NO2/c17-12-6-7-13(14(18)10-12)16(21)19-9-8-15(20)11-4-2-1-3-5-11/h1-7,10,15,20H,8-9H2,(H,19,21)/t15-/m1/s1. The van der Waals surface area contributed by atoms with Crippen LogP contribution < -0.4 is 5.32 Å². The highest BCUT2D eigenvalue weighted by atomic mass is 19.1. The van der Waals surface area contributed by atoms with Gasteiger partial charge in [-0.25, -0.2) is 8.78 Å². The van der Waals surface area contributed by atoms with Gasteiger partial charge in [0.2, 0.25) is 0 Å². The summed E-state index contributed by atoms with van der Waals surface area (Å²) >= 11 is 0. The van der Waals surface area contributed by atoms with E-state index in [0.717, 1.165) is 17.7 Å². The molecular weight excluding hydrogens is 276 g/mol. The van der Waals surface area contributed by atoms with Crippen LogP contribution in [-0.2, 0) is 0 Å². The van der Waals surface area contributed by atoms with E-state index in [1.807, 2.05) is 18.2 Å². The number of aliphatic hydroxyl groups is 1. The highest BCUT2D eigenvalue weighted by Crippen LogP contribution is 2.15. The van der Waals surface area contributed by atoms with E-state index in [9.17, 15) is 18.7 Å². The molecule has 1 amide bonds. The molecule has 2 rings (SSSR count). The third-order valence-corrected chi connectivity index (χ3v) is 3.06. The monoisotopic (exact) mass is 291 g/mol. The Balaban J connectivity index is 1.87. The van der Waals surface area contributed by atoms with Crippen LogP contribution in [0.25, 0.3) is 0 Å². The fraction of sp³-hybridized carbons (Fsp3) is 0.188. The molecule has 0 unspecified atom stereocenters. The average Bonchev–Trinajstić information content (AvgIpc) is 2.47. The number of carbonyl (C=O) groups excluding carboxylic acids is 1. The molecule has 2 aromatic rings. The molecule has 0 bridgehead atoms. The summed E-state index contributed by atoms with van der Waals surface area (Å²) in [6, 6.07) is 11.8. The summed E-state index contributed by atoms with van der Waals surface area (Å²) in [6.07, 6.45) is -0.400. The Morgan fingerprint density at radius 3 is 2.52 bits per heavy atom. The van der Waals surface area contributed by atoms with Gasteiger partial charge in [0.1, 0.15) is 11.6 Å². The average molecular weight is 291 g/mol. The van der Waals surface area contributed by atoms with E-state index in [0.29, 0.717) is 12.5 Å². The van der Waals surface area contributed by atoms with Gasteiger partial charge in [0.05, 0.1) is 11.7 Å². The topological polar surface area (TPSA) is 49.3 Å². The van der Waals surface area contributed by atoms with Crippen molar-refractivity contribution < 1.29 is 18.7 Å². The normalized spacial score (nSPS) is 12.0. The maximum atomic E-state index is 13.4. The number of halogens is 2. The van der Waals surface area contributed by atoms with E-state index < -0.39 is 23.6 Å². The molecule has 0 saturated carbocycles. The van der Waals surface area contributed by atoms with Gasteiger partial charge in [-0.3, -0.25) is 4.79 Å². The predicted octanol–water partition coefficient (Wildman–Crippen LogP) is 2.82. The molecule has 1 atom stereocenters. The van der Waals surface area contributed by atoms with Gasteiger partial charge < -0.3 is 10.4 Å². The first-order chi connectivity index (χ1) is 10.1. The molecule has 0 aromatic heterocycles. The van der Waals surface area contributed by atoms with Crippen molar-refractivity contribution in [2.24, 2.45) is 0 Å². The van der Waals surface area contributed by atoms with Crippen LogP contribution >= 0.6 is 0 Å². The summed E-state index contributed by atoms with van der Waals surface area (Å²) in [6.45, 7) is 0.186. The van der Waals surface area contributed by atoms with Crippen molar-refractivity contribution in [3.8, 4) is 0 Å². The number of nitrogens with one attached hydrogen (secondary N) is 1. The van der Waals surface area contributed by atoms with E-state index in [1.165, 1.54) is 0 Å². The number of amides is 1. The lowest BCUT2D eigenvalue weighted by molar-refractivity contribution is 0.0938. The lowest BCUT2D eigenvalue weighted by Crippen LogP contribution is -2.26. The predicted molar refractivity (Wildman–Crippen MR) is 74.7 cm³/mol. The molecule has 0 saturated heterocycles. The molecule has 0 heterocycles. The van der Waals surface area contributed by atoms with Gasteiger partial charge in [-0.2, -0.15) is 0 Å². The Morgan fingerprint density at radius 1 is 1.14 bits per heavy atom. The van der Waals surface area contributed by atoms with E-state index in [-0.39, 0.29) is 12.1 Å². The molecule has 0 aliphatic heterocycles. The maximum Gasteiger partial charge on any atom is 0.254 e. The summed E-state index contributed by atoms with van der Waals surface area (Å²) in [5.41, 5.74) is 0.533. The summed E-state index contributed by atoms with van der Waals surface area (Å²) in [7, 11) is 0. The lowest BCUT2D eigenvalue weighted by atomic mass is 10.1. The minimum atomic E-state index is -0.906. The summed E-state index contributed by atoms with van der Waals surface area (Å²) in [4.78, 5) is 11.7. The molecule has 3 nitrogen and oxygen atoms in total. The zero-order valence-corrected chi connectivity index (χ0v) is 11.2. The number of hydrogen-bond donors (Lipinski definition) is 2. The Bertz CT molecular complexity index is 617. The van der Waals surface area contributed by atoms with Gasteiger partial charge >= 0.3 is 0 Å². The van der Waals surface area contributed by atoms with Gasteiger partial charge in [-0.05, 0) is 24.1 Å². The Morgan fingerprint density at radius 2 is 1.86 bits per heavy atom.